The monoisotopic (exact) mass is 845 g/mol. The number of nitrogens with one attached hydrogen (secondary N) is 3. The fourth-order valence-electron chi connectivity index (χ4n) is 8.69. The summed E-state index contributed by atoms with van der Waals surface area (Å²) in [6.45, 7) is 7.24. The number of benzene rings is 1. The molecule has 322 valence electrons. The highest BCUT2D eigenvalue weighted by Crippen LogP contribution is 2.45. The number of carbonyl (C=O) groups excluding carboxylic acids is 4. The van der Waals surface area contributed by atoms with Gasteiger partial charge >= 0.3 is 18.2 Å². The Balaban J connectivity index is 1.21. The van der Waals surface area contributed by atoms with Crippen molar-refractivity contribution in [3.05, 3.63) is 42.3 Å². The van der Waals surface area contributed by atoms with Crippen molar-refractivity contribution < 1.29 is 43.3 Å². The summed E-state index contributed by atoms with van der Waals surface area (Å²) in [4.78, 5) is 80.2. The standard InChI is InChI=1S/C43H55N7O9S/c1-6-26-21-43(26,39(53)54)48-37(51)34-19-29(22-50(34)38(52)36(25-12-8-7-9-13-25)46-41(55)59-28-14-10-11-15-28)58-35-20-32(44-31-18-27(49(4)5)16-17-30(31)35)33-23-60-40(45-33)47-42(56)57-24(2)3/h6,16-18,20,23-26,28-29,34,36H,1,7-15,19,21-22H2,2-5H3,(H,46,55)(H,48,51)(H,53,54)(H,45,47,56). The molecule has 1 aromatic carbocycles. The Kier molecular flexibility index (Phi) is 12.8. The number of likely N-dealkylation sites (tertiary alicyclic amines) is 1. The molecule has 4 N–H and O–H groups in total. The van der Waals surface area contributed by atoms with Crippen LogP contribution in [0.3, 0.4) is 0 Å². The van der Waals surface area contributed by atoms with Crippen LogP contribution >= 0.6 is 11.3 Å². The third kappa shape index (κ3) is 9.45. The molecule has 16 nitrogen and oxygen atoms in total. The van der Waals surface area contributed by atoms with Gasteiger partial charge in [-0.2, -0.15) is 0 Å². The van der Waals surface area contributed by atoms with Gasteiger partial charge in [0, 0.05) is 49.0 Å². The van der Waals surface area contributed by atoms with Crippen molar-refractivity contribution in [2.75, 3.05) is 30.9 Å². The Hall–Kier alpha value is -5.45. The van der Waals surface area contributed by atoms with Gasteiger partial charge in [-0.25, -0.2) is 24.4 Å². The fourth-order valence-corrected chi connectivity index (χ4v) is 9.38. The highest BCUT2D eigenvalue weighted by atomic mass is 32.1. The first-order valence-electron chi connectivity index (χ1n) is 20.9. The summed E-state index contributed by atoms with van der Waals surface area (Å²) < 4.78 is 17.7. The van der Waals surface area contributed by atoms with Gasteiger partial charge in [-0.1, -0.05) is 25.3 Å². The number of pyridine rings is 1. The molecule has 0 bridgehead atoms. The number of hydrogen-bond acceptors (Lipinski definition) is 12. The summed E-state index contributed by atoms with van der Waals surface area (Å²) in [5, 5.41) is 21.3. The maximum atomic E-state index is 14.9. The lowest BCUT2D eigenvalue weighted by Gasteiger charge is -2.34. The van der Waals surface area contributed by atoms with Crippen molar-refractivity contribution in [1.82, 2.24) is 25.5 Å². The lowest BCUT2D eigenvalue weighted by molar-refractivity contribution is -0.146. The maximum absolute atomic E-state index is 14.9. The second kappa shape index (κ2) is 18.0. The number of aromatic nitrogens is 2. The molecule has 0 spiro atoms. The molecule has 0 radical (unpaired) electrons. The number of fused-ring (bicyclic) bond motifs is 1. The molecule has 7 rings (SSSR count). The molecule has 3 aromatic rings. The van der Waals surface area contributed by atoms with Crippen molar-refractivity contribution in [3.63, 3.8) is 0 Å². The van der Waals surface area contributed by atoms with Gasteiger partial charge in [-0.05, 0) is 82.9 Å². The van der Waals surface area contributed by atoms with Crippen LogP contribution in [0.5, 0.6) is 5.75 Å². The van der Waals surface area contributed by atoms with Crippen LogP contribution in [0.4, 0.5) is 20.4 Å². The van der Waals surface area contributed by atoms with E-state index in [4.69, 9.17) is 19.2 Å². The first kappa shape index (κ1) is 42.7. The molecular weight excluding hydrogens is 791 g/mol. The number of nitrogens with zero attached hydrogens (tertiary/aromatic N) is 4. The minimum absolute atomic E-state index is 0.0118. The van der Waals surface area contributed by atoms with Gasteiger partial charge in [0.05, 0.1) is 23.9 Å². The van der Waals surface area contributed by atoms with Crippen molar-refractivity contribution in [2.24, 2.45) is 11.8 Å². The van der Waals surface area contributed by atoms with Gasteiger partial charge in [0.2, 0.25) is 11.8 Å². The number of hydrogen-bond donors (Lipinski definition) is 4. The zero-order valence-electron chi connectivity index (χ0n) is 34.6. The number of anilines is 2. The van der Waals surface area contributed by atoms with Gasteiger partial charge in [0.1, 0.15) is 41.3 Å². The summed E-state index contributed by atoms with van der Waals surface area (Å²) in [5.74, 6) is -2.44. The van der Waals surface area contributed by atoms with Crippen molar-refractivity contribution in [2.45, 2.75) is 120 Å². The largest absolute Gasteiger partial charge is 0.488 e. The molecule has 4 amide bonds. The number of carbonyl (C=O) groups is 5. The van der Waals surface area contributed by atoms with E-state index in [0.29, 0.717) is 33.2 Å². The molecule has 5 atom stereocenters. The second-order valence-corrected chi connectivity index (χ2v) is 17.7. The smallest absolute Gasteiger partial charge is 0.413 e. The number of aliphatic carboxylic acids is 1. The molecule has 3 saturated carbocycles. The SMILES string of the molecule is C=CC1CC1(NC(=O)C1CC(Oc2cc(-c3csc(NC(=O)OC(C)C)n3)nc3cc(N(C)C)ccc23)CN1C(=O)C(NC(=O)OC1CCCC1)C1CCCCC1)C(=O)O. The second-order valence-electron chi connectivity index (χ2n) is 16.8. The zero-order valence-corrected chi connectivity index (χ0v) is 35.4. The maximum Gasteiger partial charge on any atom is 0.413 e. The Morgan fingerprint density at radius 3 is 2.38 bits per heavy atom. The van der Waals surface area contributed by atoms with E-state index in [-0.39, 0.29) is 37.5 Å². The molecule has 1 saturated heterocycles. The Morgan fingerprint density at radius 1 is 0.983 bits per heavy atom. The van der Waals surface area contributed by atoms with E-state index in [1.165, 1.54) is 22.3 Å². The number of carboxylic acid groups (broad SMARTS) is 1. The third-order valence-corrected chi connectivity index (χ3v) is 12.8. The molecule has 2 aromatic heterocycles. The summed E-state index contributed by atoms with van der Waals surface area (Å²) >= 11 is 1.21. The van der Waals surface area contributed by atoms with E-state index in [2.05, 4.69) is 27.5 Å². The van der Waals surface area contributed by atoms with Crippen LogP contribution in [0.15, 0.2) is 42.3 Å². The Labute approximate surface area is 353 Å². The lowest BCUT2D eigenvalue weighted by Crippen LogP contribution is -2.58. The van der Waals surface area contributed by atoms with Crippen molar-refractivity contribution in [1.29, 1.82) is 0 Å². The number of amides is 4. The minimum atomic E-state index is -1.52. The van der Waals surface area contributed by atoms with Gasteiger partial charge < -0.3 is 39.8 Å². The first-order valence-corrected chi connectivity index (χ1v) is 21.8. The molecule has 4 fully saturated rings. The molecule has 5 unspecified atom stereocenters. The quantitative estimate of drug-likeness (QED) is 0.129. The minimum Gasteiger partial charge on any atom is -0.488 e. The lowest BCUT2D eigenvalue weighted by atomic mass is 9.83. The van der Waals surface area contributed by atoms with Crippen LogP contribution in [-0.4, -0.2) is 107 Å². The van der Waals surface area contributed by atoms with Crippen LogP contribution in [0, 0.1) is 11.8 Å². The predicted octanol–water partition coefficient (Wildman–Crippen LogP) is 6.49. The van der Waals surface area contributed by atoms with E-state index in [1.807, 2.05) is 37.2 Å². The van der Waals surface area contributed by atoms with Gasteiger partial charge in [0.25, 0.3) is 0 Å². The van der Waals surface area contributed by atoms with Gasteiger partial charge in [-0.15, -0.1) is 17.9 Å². The normalized spacial score (nSPS) is 23.5. The zero-order chi connectivity index (χ0) is 42.7. The molecule has 3 aliphatic carbocycles. The van der Waals surface area contributed by atoms with Crippen LogP contribution in [-0.2, 0) is 23.9 Å². The van der Waals surface area contributed by atoms with Gasteiger partial charge in [0.15, 0.2) is 5.13 Å². The average molecular weight is 846 g/mol. The van der Waals surface area contributed by atoms with Crippen LogP contribution in [0.2, 0.25) is 0 Å². The van der Waals surface area contributed by atoms with Crippen molar-refractivity contribution >= 4 is 63.0 Å². The van der Waals surface area contributed by atoms with Crippen LogP contribution in [0.25, 0.3) is 22.3 Å². The highest BCUT2D eigenvalue weighted by molar-refractivity contribution is 7.14. The topological polar surface area (TPSA) is 202 Å². The number of alkyl carbamates (subject to hydrolysis) is 1. The Morgan fingerprint density at radius 2 is 1.72 bits per heavy atom. The molecular formula is C43H55N7O9S. The van der Waals surface area contributed by atoms with E-state index in [9.17, 15) is 29.1 Å². The summed E-state index contributed by atoms with van der Waals surface area (Å²) in [7, 11) is 3.84. The van der Waals surface area contributed by atoms with Gasteiger partial charge in [-0.3, -0.25) is 14.9 Å². The van der Waals surface area contributed by atoms with Crippen molar-refractivity contribution in [3.8, 4) is 17.1 Å². The number of thiazole rings is 1. The summed E-state index contributed by atoms with van der Waals surface area (Å²) in [5.41, 5.74) is 0.915. The molecule has 1 aliphatic heterocycles. The van der Waals surface area contributed by atoms with E-state index >= 15 is 0 Å². The summed E-state index contributed by atoms with van der Waals surface area (Å²) in [6, 6.07) is 5.44. The van der Waals surface area contributed by atoms with E-state index < -0.39 is 59.6 Å². The average Bonchev–Trinajstić information content (AvgIpc) is 3.62. The van der Waals surface area contributed by atoms with E-state index in [0.717, 1.165) is 63.5 Å². The van der Waals surface area contributed by atoms with Crippen LogP contribution < -0.4 is 25.6 Å². The fraction of sp³-hybridized carbons (Fsp3) is 0.558. The van der Waals surface area contributed by atoms with Crippen LogP contribution in [0.1, 0.15) is 84.5 Å². The highest BCUT2D eigenvalue weighted by Gasteiger charge is 2.61. The number of carboxylic acids is 1. The molecule has 17 heteroatoms. The first-order chi connectivity index (χ1) is 28.7. The number of ether oxygens (including phenoxy) is 3. The predicted molar refractivity (Wildman–Crippen MR) is 226 cm³/mol. The molecule has 60 heavy (non-hydrogen) atoms. The van der Waals surface area contributed by atoms with E-state index in [1.54, 1.807) is 25.3 Å². The number of rotatable bonds is 14. The molecule has 4 aliphatic rings. The summed E-state index contributed by atoms with van der Waals surface area (Å²) in [6.07, 6.45) is 7.00. The molecule has 3 heterocycles. The third-order valence-electron chi connectivity index (χ3n) is 12.0. The Bertz CT molecular complexity index is 2110.